The lowest BCUT2D eigenvalue weighted by atomic mass is 9.88. The number of hydrogen-bond donors (Lipinski definition) is 1. The molecule has 1 unspecified atom stereocenters. The highest BCUT2D eigenvalue weighted by atomic mass is 16.5. The second-order valence-electron chi connectivity index (χ2n) is 8.91. The monoisotopic (exact) mass is 475 g/mol. The maximum atomic E-state index is 13.1. The topological polar surface area (TPSA) is 56.2 Å². The van der Waals surface area contributed by atoms with Crippen molar-refractivity contribution in [3.8, 4) is 5.75 Å². The molecule has 0 radical (unpaired) electrons. The van der Waals surface area contributed by atoms with E-state index in [1.807, 2.05) is 67.7 Å². The van der Waals surface area contributed by atoms with Crippen molar-refractivity contribution < 1.29 is 9.53 Å². The van der Waals surface area contributed by atoms with Crippen molar-refractivity contribution >= 4 is 16.8 Å². The van der Waals surface area contributed by atoms with E-state index >= 15 is 0 Å². The molecular formula is C31H29N3O2. The van der Waals surface area contributed by atoms with Crippen LogP contribution in [0.2, 0.25) is 0 Å². The van der Waals surface area contributed by atoms with Crippen molar-refractivity contribution in [3.05, 3.63) is 132 Å². The van der Waals surface area contributed by atoms with Gasteiger partial charge in [-0.05, 0) is 47.0 Å². The standard InChI is InChI=1S/C31H29N3O2/c1-34-21-29(27-15-5-6-16-30(27)34)28(19-31(35)33-20-25-13-7-8-17-32-25)24-12-9-14-26(18-24)36-22-23-10-3-2-4-11-23/h2-18,21,28H,19-20,22H2,1H3,(H,33,35). The number of carbonyl (C=O) groups excluding carboxylic acids is 1. The molecule has 180 valence electrons. The zero-order valence-corrected chi connectivity index (χ0v) is 20.3. The van der Waals surface area contributed by atoms with Crippen molar-refractivity contribution in [2.45, 2.75) is 25.5 Å². The lowest BCUT2D eigenvalue weighted by molar-refractivity contribution is -0.121. The largest absolute Gasteiger partial charge is 0.489 e. The van der Waals surface area contributed by atoms with E-state index in [9.17, 15) is 4.79 Å². The molecule has 2 aromatic heterocycles. The van der Waals surface area contributed by atoms with Crippen LogP contribution in [0.5, 0.6) is 5.75 Å². The molecule has 3 aromatic carbocycles. The van der Waals surface area contributed by atoms with E-state index < -0.39 is 0 Å². The Kier molecular flexibility index (Phi) is 7.08. The maximum Gasteiger partial charge on any atom is 0.221 e. The molecule has 0 bridgehead atoms. The number of carbonyl (C=O) groups is 1. The number of aromatic nitrogens is 2. The van der Waals surface area contributed by atoms with E-state index in [4.69, 9.17) is 4.74 Å². The van der Waals surface area contributed by atoms with Gasteiger partial charge in [0.2, 0.25) is 5.91 Å². The number of nitrogens with zero attached hydrogens (tertiary/aromatic N) is 2. The Morgan fingerprint density at radius 1 is 0.944 bits per heavy atom. The Bertz CT molecular complexity index is 1440. The molecule has 0 saturated heterocycles. The summed E-state index contributed by atoms with van der Waals surface area (Å²) >= 11 is 0. The Balaban J connectivity index is 1.42. The van der Waals surface area contributed by atoms with Crippen molar-refractivity contribution in [2.75, 3.05) is 0 Å². The summed E-state index contributed by atoms with van der Waals surface area (Å²) in [5.74, 6) is 0.643. The number of amides is 1. The van der Waals surface area contributed by atoms with Gasteiger partial charge in [-0.3, -0.25) is 9.78 Å². The van der Waals surface area contributed by atoms with Gasteiger partial charge in [0.15, 0.2) is 0 Å². The van der Waals surface area contributed by atoms with Crippen LogP contribution in [-0.2, 0) is 25.0 Å². The average molecular weight is 476 g/mol. The normalized spacial score (nSPS) is 11.8. The molecule has 1 amide bonds. The fraction of sp³-hybridized carbons (Fsp3) is 0.161. The number of nitrogens with one attached hydrogen (secondary N) is 1. The first kappa shape index (κ1) is 23.4. The summed E-state index contributed by atoms with van der Waals surface area (Å²) in [5, 5.41) is 4.20. The fourth-order valence-electron chi connectivity index (χ4n) is 4.57. The molecule has 0 aliphatic heterocycles. The third-order valence-corrected chi connectivity index (χ3v) is 6.39. The predicted molar refractivity (Wildman–Crippen MR) is 143 cm³/mol. The van der Waals surface area contributed by atoms with Gasteiger partial charge in [-0.15, -0.1) is 0 Å². The number of benzene rings is 3. The van der Waals surface area contributed by atoms with Crippen LogP contribution >= 0.6 is 0 Å². The van der Waals surface area contributed by atoms with Gasteiger partial charge in [0, 0.05) is 42.7 Å². The molecule has 5 nitrogen and oxygen atoms in total. The van der Waals surface area contributed by atoms with E-state index in [2.05, 4.69) is 57.5 Å². The van der Waals surface area contributed by atoms with Gasteiger partial charge in [-0.2, -0.15) is 0 Å². The van der Waals surface area contributed by atoms with Crippen LogP contribution in [0.15, 0.2) is 109 Å². The smallest absolute Gasteiger partial charge is 0.221 e. The van der Waals surface area contributed by atoms with Crippen LogP contribution in [0.3, 0.4) is 0 Å². The molecule has 1 atom stereocenters. The van der Waals surface area contributed by atoms with Crippen molar-refractivity contribution in [1.29, 1.82) is 0 Å². The Labute approximate surface area is 211 Å². The second kappa shape index (κ2) is 10.9. The number of fused-ring (bicyclic) bond motifs is 1. The molecule has 1 N–H and O–H groups in total. The number of aryl methyl sites for hydroxylation is 1. The fourth-order valence-corrected chi connectivity index (χ4v) is 4.57. The molecule has 0 fully saturated rings. The van der Waals surface area contributed by atoms with Crippen LogP contribution in [0.25, 0.3) is 10.9 Å². The first-order valence-corrected chi connectivity index (χ1v) is 12.1. The van der Waals surface area contributed by atoms with E-state index in [1.165, 1.54) is 0 Å². The number of para-hydroxylation sites is 1. The van der Waals surface area contributed by atoms with Crippen LogP contribution in [0.1, 0.15) is 34.7 Å². The molecule has 0 aliphatic carbocycles. The van der Waals surface area contributed by atoms with Gasteiger partial charge in [0.05, 0.1) is 12.2 Å². The molecule has 5 aromatic rings. The van der Waals surface area contributed by atoms with Gasteiger partial charge in [-0.25, -0.2) is 0 Å². The number of pyridine rings is 1. The van der Waals surface area contributed by atoms with Crippen molar-refractivity contribution in [3.63, 3.8) is 0 Å². The van der Waals surface area contributed by atoms with Gasteiger partial charge < -0.3 is 14.6 Å². The highest BCUT2D eigenvalue weighted by molar-refractivity contribution is 5.86. The molecule has 5 heteroatoms. The minimum atomic E-state index is -0.125. The summed E-state index contributed by atoms with van der Waals surface area (Å²) in [6.45, 7) is 0.899. The van der Waals surface area contributed by atoms with Gasteiger partial charge in [0.25, 0.3) is 0 Å². The first-order chi connectivity index (χ1) is 17.7. The van der Waals surface area contributed by atoms with Crippen LogP contribution in [0.4, 0.5) is 0 Å². The Hall–Kier alpha value is -4.38. The van der Waals surface area contributed by atoms with Gasteiger partial charge in [-0.1, -0.05) is 66.7 Å². The quantitative estimate of drug-likeness (QED) is 0.285. The van der Waals surface area contributed by atoms with Crippen LogP contribution in [-0.4, -0.2) is 15.5 Å². The molecule has 5 rings (SSSR count). The molecule has 0 spiro atoms. The van der Waals surface area contributed by atoms with E-state index in [1.54, 1.807) is 6.20 Å². The number of ether oxygens (including phenoxy) is 1. The molecule has 36 heavy (non-hydrogen) atoms. The molecule has 2 heterocycles. The summed E-state index contributed by atoms with van der Waals surface area (Å²) in [5.41, 5.74) is 5.26. The zero-order valence-electron chi connectivity index (χ0n) is 20.3. The van der Waals surface area contributed by atoms with Crippen LogP contribution in [0, 0.1) is 0 Å². The van der Waals surface area contributed by atoms with E-state index in [0.717, 1.165) is 39.0 Å². The summed E-state index contributed by atoms with van der Waals surface area (Å²) in [6, 6.07) is 32.2. The highest BCUT2D eigenvalue weighted by Gasteiger charge is 2.23. The van der Waals surface area contributed by atoms with E-state index in [-0.39, 0.29) is 11.8 Å². The summed E-state index contributed by atoms with van der Waals surface area (Å²) in [6.07, 6.45) is 4.20. The summed E-state index contributed by atoms with van der Waals surface area (Å²) < 4.78 is 8.23. The summed E-state index contributed by atoms with van der Waals surface area (Å²) in [7, 11) is 2.05. The minimum absolute atomic E-state index is 0.0193. The van der Waals surface area contributed by atoms with Gasteiger partial charge in [0.1, 0.15) is 12.4 Å². The number of hydrogen-bond acceptors (Lipinski definition) is 3. The zero-order chi connectivity index (χ0) is 24.7. The SMILES string of the molecule is Cn1cc(C(CC(=O)NCc2ccccn2)c2cccc(OCc3ccccc3)c2)c2ccccc21. The lowest BCUT2D eigenvalue weighted by Crippen LogP contribution is -2.25. The maximum absolute atomic E-state index is 13.1. The first-order valence-electron chi connectivity index (χ1n) is 12.1. The Morgan fingerprint density at radius 3 is 2.58 bits per heavy atom. The van der Waals surface area contributed by atoms with Crippen molar-refractivity contribution in [2.24, 2.45) is 7.05 Å². The Morgan fingerprint density at radius 2 is 1.75 bits per heavy atom. The third-order valence-electron chi connectivity index (χ3n) is 6.39. The number of rotatable bonds is 9. The lowest BCUT2D eigenvalue weighted by Gasteiger charge is -2.18. The highest BCUT2D eigenvalue weighted by Crippen LogP contribution is 2.35. The van der Waals surface area contributed by atoms with Crippen molar-refractivity contribution in [1.82, 2.24) is 14.9 Å². The molecule has 0 saturated carbocycles. The summed E-state index contributed by atoms with van der Waals surface area (Å²) in [4.78, 5) is 17.4. The van der Waals surface area contributed by atoms with E-state index in [0.29, 0.717) is 19.6 Å². The molecular weight excluding hydrogens is 446 g/mol. The second-order valence-corrected chi connectivity index (χ2v) is 8.91. The third kappa shape index (κ3) is 5.47. The molecule has 0 aliphatic rings. The van der Waals surface area contributed by atoms with Gasteiger partial charge >= 0.3 is 0 Å². The van der Waals surface area contributed by atoms with Crippen LogP contribution < -0.4 is 10.1 Å². The predicted octanol–water partition coefficient (Wildman–Crippen LogP) is 5.99. The minimum Gasteiger partial charge on any atom is -0.489 e. The average Bonchev–Trinajstić information content (AvgIpc) is 3.27.